The number of ether oxygens (including phenoxy) is 3. The molecule has 1 aliphatic carbocycles. The zero-order valence-electron chi connectivity index (χ0n) is 9.87. The van der Waals surface area contributed by atoms with E-state index in [0.717, 1.165) is 18.4 Å². The first-order chi connectivity index (χ1) is 7.64. The quantitative estimate of drug-likeness (QED) is 0.843. The van der Waals surface area contributed by atoms with Gasteiger partial charge in [-0.05, 0) is 30.5 Å². The van der Waals surface area contributed by atoms with Crippen molar-refractivity contribution in [3.05, 3.63) is 17.7 Å². The molecule has 1 aliphatic rings. The summed E-state index contributed by atoms with van der Waals surface area (Å²) >= 11 is 0. The Morgan fingerprint density at radius 2 is 1.50 bits per heavy atom. The van der Waals surface area contributed by atoms with E-state index in [-0.39, 0.29) is 5.54 Å². The average molecular weight is 223 g/mol. The van der Waals surface area contributed by atoms with Crippen LogP contribution in [0.5, 0.6) is 17.2 Å². The van der Waals surface area contributed by atoms with Crippen molar-refractivity contribution >= 4 is 0 Å². The van der Waals surface area contributed by atoms with Crippen LogP contribution in [0.25, 0.3) is 0 Å². The van der Waals surface area contributed by atoms with Crippen molar-refractivity contribution in [2.75, 3.05) is 21.3 Å². The molecule has 0 heterocycles. The Hall–Kier alpha value is -1.42. The minimum Gasteiger partial charge on any atom is -0.493 e. The van der Waals surface area contributed by atoms with Crippen molar-refractivity contribution in [3.63, 3.8) is 0 Å². The molecule has 1 saturated carbocycles. The van der Waals surface area contributed by atoms with E-state index in [1.54, 1.807) is 21.3 Å². The van der Waals surface area contributed by atoms with Crippen LogP contribution in [-0.4, -0.2) is 21.3 Å². The van der Waals surface area contributed by atoms with E-state index >= 15 is 0 Å². The summed E-state index contributed by atoms with van der Waals surface area (Å²) in [7, 11) is 4.81. The molecule has 0 radical (unpaired) electrons. The molecule has 0 amide bonds. The maximum Gasteiger partial charge on any atom is 0.203 e. The molecule has 0 spiro atoms. The molecule has 0 unspecified atom stereocenters. The molecule has 0 aliphatic heterocycles. The van der Waals surface area contributed by atoms with Crippen LogP contribution in [0.2, 0.25) is 0 Å². The van der Waals surface area contributed by atoms with E-state index in [9.17, 15) is 0 Å². The maximum absolute atomic E-state index is 6.15. The zero-order chi connectivity index (χ0) is 11.8. The van der Waals surface area contributed by atoms with Gasteiger partial charge in [-0.15, -0.1) is 0 Å². The highest BCUT2D eigenvalue weighted by Gasteiger charge is 2.41. The Balaban J connectivity index is 2.50. The SMILES string of the molecule is COc1cc(C2(N)CC2)cc(OC)c1OC. The molecule has 16 heavy (non-hydrogen) atoms. The van der Waals surface area contributed by atoms with E-state index in [0.29, 0.717) is 17.2 Å². The van der Waals surface area contributed by atoms with Crippen LogP contribution in [0.4, 0.5) is 0 Å². The van der Waals surface area contributed by atoms with Gasteiger partial charge in [-0.3, -0.25) is 0 Å². The highest BCUT2D eigenvalue weighted by Crippen LogP contribution is 2.48. The van der Waals surface area contributed by atoms with Gasteiger partial charge in [-0.2, -0.15) is 0 Å². The largest absolute Gasteiger partial charge is 0.493 e. The summed E-state index contributed by atoms with van der Waals surface area (Å²) in [5.74, 6) is 1.93. The van der Waals surface area contributed by atoms with Crippen LogP contribution in [-0.2, 0) is 5.54 Å². The molecular weight excluding hydrogens is 206 g/mol. The molecule has 0 atom stereocenters. The minimum atomic E-state index is -0.202. The molecule has 1 aromatic carbocycles. The van der Waals surface area contributed by atoms with Gasteiger partial charge in [0.1, 0.15) is 0 Å². The van der Waals surface area contributed by atoms with Crippen LogP contribution >= 0.6 is 0 Å². The van der Waals surface area contributed by atoms with Gasteiger partial charge in [0.25, 0.3) is 0 Å². The van der Waals surface area contributed by atoms with Gasteiger partial charge in [0.2, 0.25) is 5.75 Å². The normalized spacial score (nSPS) is 16.8. The number of hydrogen-bond acceptors (Lipinski definition) is 4. The fraction of sp³-hybridized carbons (Fsp3) is 0.500. The lowest BCUT2D eigenvalue weighted by Crippen LogP contribution is -2.18. The maximum atomic E-state index is 6.15. The molecular formula is C12H17NO3. The van der Waals surface area contributed by atoms with Gasteiger partial charge >= 0.3 is 0 Å². The van der Waals surface area contributed by atoms with Gasteiger partial charge < -0.3 is 19.9 Å². The lowest BCUT2D eigenvalue weighted by atomic mass is 10.0. The molecule has 88 valence electrons. The van der Waals surface area contributed by atoms with Crippen molar-refractivity contribution < 1.29 is 14.2 Å². The summed E-state index contributed by atoms with van der Waals surface area (Å²) in [5, 5.41) is 0. The lowest BCUT2D eigenvalue weighted by Gasteiger charge is -2.16. The number of methoxy groups -OCH3 is 3. The molecule has 4 nitrogen and oxygen atoms in total. The first kappa shape index (κ1) is 11.1. The fourth-order valence-electron chi connectivity index (χ4n) is 1.79. The van der Waals surface area contributed by atoms with E-state index in [1.807, 2.05) is 12.1 Å². The standard InChI is InChI=1S/C12H17NO3/c1-14-9-6-8(12(13)4-5-12)7-10(15-2)11(9)16-3/h6-7H,4-5,13H2,1-3H3. The Morgan fingerprint density at radius 3 is 1.81 bits per heavy atom. The Labute approximate surface area is 95.3 Å². The van der Waals surface area contributed by atoms with Gasteiger partial charge in [0.15, 0.2) is 11.5 Å². The summed E-state index contributed by atoms with van der Waals surface area (Å²) in [6.07, 6.45) is 2.01. The van der Waals surface area contributed by atoms with E-state index < -0.39 is 0 Å². The van der Waals surface area contributed by atoms with Crippen LogP contribution in [0, 0.1) is 0 Å². The van der Waals surface area contributed by atoms with Crippen LogP contribution < -0.4 is 19.9 Å². The first-order valence-corrected chi connectivity index (χ1v) is 5.24. The third-order valence-electron chi connectivity index (χ3n) is 3.03. The summed E-state index contributed by atoms with van der Waals surface area (Å²) in [6.45, 7) is 0. The number of rotatable bonds is 4. The molecule has 1 fully saturated rings. The Bertz CT molecular complexity index is 374. The topological polar surface area (TPSA) is 53.7 Å². The van der Waals surface area contributed by atoms with Crippen molar-refractivity contribution in [2.45, 2.75) is 18.4 Å². The molecule has 2 N–H and O–H groups in total. The monoisotopic (exact) mass is 223 g/mol. The number of benzene rings is 1. The van der Waals surface area contributed by atoms with Crippen LogP contribution in [0.15, 0.2) is 12.1 Å². The summed E-state index contributed by atoms with van der Waals surface area (Å²) in [6, 6.07) is 3.85. The minimum absolute atomic E-state index is 0.202. The fourth-order valence-corrected chi connectivity index (χ4v) is 1.79. The molecule has 1 aromatic rings. The third-order valence-corrected chi connectivity index (χ3v) is 3.03. The number of nitrogens with two attached hydrogens (primary N) is 1. The smallest absolute Gasteiger partial charge is 0.203 e. The predicted octanol–water partition coefficient (Wildman–Crippen LogP) is 1.66. The van der Waals surface area contributed by atoms with E-state index in [2.05, 4.69) is 0 Å². The summed E-state index contributed by atoms with van der Waals surface area (Å²) in [4.78, 5) is 0. The Morgan fingerprint density at radius 1 is 1.00 bits per heavy atom. The zero-order valence-corrected chi connectivity index (χ0v) is 9.87. The van der Waals surface area contributed by atoms with Gasteiger partial charge in [0, 0.05) is 5.54 Å². The van der Waals surface area contributed by atoms with Gasteiger partial charge in [-0.25, -0.2) is 0 Å². The van der Waals surface area contributed by atoms with Crippen LogP contribution in [0.1, 0.15) is 18.4 Å². The lowest BCUT2D eigenvalue weighted by molar-refractivity contribution is 0.323. The second-order valence-corrected chi connectivity index (χ2v) is 4.07. The molecule has 2 rings (SSSR count). The molecule has 4 heteroatoms. The van der Waals surface area contributed by atoms with Crippen LogP contribution in [0.3, 0.4) is 0 Å². The summed E-state index contributed by atoms with van der Waals surface area (Å²) in [5.41, 5.74) is 7.00. The van der Waals surface area contributed by atoms with Crippen molar-refractivity contribution in [1.29, 1.82) is 0 Å². The highest BCUT2D eigenvalue weighted by atomic mass is 16.5. The molecule has 0 saturated heterocycles. The van der Waals surface area contributed by atoms with E-state index in [4.69, 9.17) is 19.9 Å². The van der Waals surface area contributed by atoms with Gasteiger partial charge in [-0.1, -0.05) is 0 Å². The van der Waals surface area contributed by atoms with Crippen molar-refractivity contribution in [2.24, 2.45) is 5.73 Å². The second kappa shape index (κ2) is 3.87. The van der Waals surface area contributed by atoms with E-state index in [1.165, 1.54) is 0 Å². The Kier molecular flexibility index (Phi) is 2.68. The first-order valence-electron chi connectivity index (χ1n) is 5.24. The number of hydrogen-bond donors (Lipinski definition) is 1. The molecule has 0 bridgehead atoms. The average Bonchev–Trinajstić information content (AvgIpc) is 3.06. The molecule has 0 aromatic heterocycles. The van der Waals surface area contributed by atoms with Crippen molar-refractivity contribution in [3.8, 4) is 17.2 Å². The summed E-state index contributed by atoms with van der Waals surface area (Å²) < 4.78 is 15.8. The highest BCUT2D eigenvalue weighted by molar-refractivity contribution is 5.55. The van der Waals surface area contributed by atoms with Gasteiger partial charge in [0.05, 0.1) is 21.3 Å². The third kappa shape index (κ3) is 1.69. The predicted molar refractivity (Wildman–Crippen MR) is 61.2 cm³/mol. The van der Waals surface area contributed by atoms with Crippen molar-refractivity contribution in [1.82, 2.24) is 0 Å². The second-order valence-electron chi connectivity index (χ2n) is 4.07.